The number of phenols is 1. The maximum absolute atomic E-state index is 14.4. The van der Waals surface area contributed by atoms with Crippen molar-refractivity contribution in [3.05, 3.63) is 29.8 Å². The van der Waals surface area contributed by atoms with Crippen molar-refractivity contribution < 1.29 is 24.2 Å². The van der Waals surface area contributed by atoms with Gasteiger partial charge in [-0.15, -0.1) is 0 Å². The molecule has 1 saturated carbocycles. The number of amides is 3. The van der Waals surface area contributed by atoms with Crippen molar-refractivity contribution in [3.63, 3.8) is 0 Å². The second-order valence-electron chi connectivity index (χ2n) is 12.8. The molecule has 1 aliphatic rings. The first-order valence-corrected chi connectivity index (χ1v) is 14.6. The van der Waals surface area contributed by atoms with Gasteiger partial charge in [0.25, 0.3) is 0 Å². The van der Waals surface area contributed by atoms with E-state index in [0.717, 1.165) is 38.5 Å². The molecule has 1 aromatic carbocycles. The van der Waals surface area contributed by atoms with Gasteiger partial charge >= 0.3 is 6.09 Å². The summed E-state index contributed by atoms with van der Waals surface area (Å²) < 4.78 is 5.46. The molecule has 0 saturated heterocycles. The highest BCUT2D eigenvalue weighted by molar-refractivity contribution is 5.92. The average Bonchev–Trinajstić information content (AvgIpc) is 2.83. The smallest absolute Gasteiger partial charge is 0.408 e. The predicted molar refractivity (Wildman–Crippen MR) is 154 cm³/mol. The first-order valence-electron chi connectivity index (χ1n) is 14.6. The Labute approximate surface area is 235 Å². The average molecular weight is 546 g/mol. The minimum atomic E-state index is -0.963. The van der Waals surface area contributed by atoms with Gasteiger partial charge in [-0.05, 0) is 82.9 Å². The second kappa shape index (κ2) is 14.6. The van der Waals surface area contributed by atoms with E-state index in [1.165, 1.54) is 0 Å². The summed E-state index contributed by atoms with van der Waals surface area (Å²) in [6, 6.07) is 4.44. The number of carbonyl (C=O) groups excluding carboxylic acids is 3. The highest BCUT2D eigenvalue weighted by atomic mass is 16.6. The Kier molecular flexibility index (Phi) is 12.1. The molecule has 220 valence electrons. The molecule has 3 N–H and O–H groups in total. The number of hydrogen-bond acceptors (Lipinski definition) is 5. The van der Waals surface area contributed by atoms with Gasteiger partial charge in [0.15, 0.2) is 0 Å². The topological polar surface area (TPSA) is 108 Å². The summed E-state index contributed by atoms with van der Waals surface area (Å²) >= 11 is 0. The number of phenolic OH excluding ortho intramolecular Hbond substituents is 1. The van der Waals surface area contributed by atoms with Crippen molar-refractivity contribution in [2.24, 2.45) is 11.8 Å². The van der Waals surface area contributed by atoms with Gasteiger partial charge in [0.2, 0.25) is 11.8 Å². The molecule has 0 aliphatic heterocycles. The molecule has 1 fully saturated rings. The van der Waals surface area contributed by atoms with Crippen LogP contribution in [0.15, 0.2) is 24.3 Å². The summed E-state index contributed by atoms with van der Waals surface area (Å²) in [5, 5.41) is 16.3. The third-order valence-electron chi connectivity index (χ3n) is 7.16. The number of benzene rings is 1. The van der Waals surface area contributed by atoms with E-state index in [0.29, 0.717) is 17.9 Å². The van der Waals surface area contributed by atoms with Crippen LogP contribution in [0.5, 0.6) is 5.75 Å². The quantitative estimate of drug-likeness (QED) is 0.312. The zero-order valence-electron chi connectivity index (χ0n) is 25.3. The highest BCUT2D eigenvalue weighted by Gasteiger charge is 2.40. The zero-order valence-corrected chi connectivity index (χ0v) is 25.3. The van der Waals surface area contributed by atoms with Crippen LogP contribution in [0.4, 0.5) is 4.79 Å². The molecule has 39 heavy (non-hydrogen) atoms. The Morgan fingerprint density at radius 2 is 1.67 bits per heavy atom. The molecule has 8 heteroatoms. The van der Waals surface area contributed by atoms with Gasteiger partial charge in [0.05, 0.1) is 0 Å². The van der Waals surface area contributed by atoms with Crippen LogP contribution in [0, 0.1) is 11.8 Å². The van der Waals surface area contributed by atoms with Crippen LogP contribution in [0.25, 0.3) is 0 Å². The number of nitrogens with zero attached hydrogens (tertiary/aromatic N) is 1. The van der Waals surface area contributed by atoms with E-state index in [-0.39, 0.29) is 35.6 Å². The largest absolute Gasteiger partial charge is 0.508 e. The molecule has 0 spiro atoms. The summed E-state index contributed by atoms with van der Waals surface area (Å²) in [6.07, 6.45) is 5.97. The Bertz CT molecular complexity index is 950. The number of aromatic hydroxyl groups is 1. The van der Waals surface area contributed by atoms with Crippen LogP contribution in [-0.4, -0.2) is 51.6 Å². The van der Waals surface area contributed by atoms with Crippen molar-refractivity contribution in [3.8, 4) is 5.75 Å². The minimum Gasteiger partial charge on any atom is -0.508 e. The Morgan fingerprint density at radius 3 is 2.21 bits per heavy atom. The van der Waals surface area contributed by atoms with Crippen LogP contribution in [0.1, 0.15) is 112 Å². The van der Waals surface area contributed by atoms with Gasteiger partial charge in [-0.25, -0.2) is 4.79 Å². The molecule has 8 nitrogen and oxygen atoms in total. The molecule has 3 unspecified atom stereocenters. The van der Waals surface area contributed by atoms with Gasteiger partial charge in [-0.2, -0.15) is 0 Å². The summed E-state index contributed by atoms with van der Waals surface area (Å²) in [7, 11) is 0. The lowest BCUT2D eigenvalue weighted by atomic mass is 9.93. The summed E-state index contributed by atoms with van der Waals surface area (Å²) in [5.41, 5.74) is -0.184. The Morgan fingerprint density at radius 1 is 1.03 bits per heavy atom. The molecular formula is C31H51N3O5. The normalized spacial score (nSPS) is 16.9. The minimum absolute atomic E-state index is 0.0255. The van der Waals surface area contributed by atoms with Gasteiger partial charge in [0, 0.05) is 12.1 Å². The standard InChI is InChI=1S/C31H51N3O5/c1-20(2)17-18-22(5)34(29(37)26(21(3)4)33-30(38)39-31(6,7)8)27(23-13-12-16-25(35)19-23)28(36)32-24-14-10-9-11-15-24/h12-13,16,19-22,24,26-27,35H,9-11,14-15,17-18H2,1-8H3,(H,32,36)(H,33,38). The molecule has 1 aliphatic carbocycles. The molecule has 2 rings (SSSR count). The molecular weight excluding hydrogens is 494 g/mol. The van der Waals surface area contributed by atoms with Crippen molar-refractivity contribution in [1.82, 2.24) is 15.5 Å². The first kappa shape index (κ1) is 32.4. The molecule has 0 radical (unpaired) electrons. The summed E-state index contributed by atoms with van der Waals surface area (Å²) in [4.78, 5) is 42.8. The summed E-state index contributed by atoms with van der Waals surface area (Å²) in [6.45, 7) is 15.2. The van der Waals surface area contributed by atoms with E-state index < -0.39 is 23.8 Å². The highest BCUT2D eigenvalue weighted by Crippen LogP contribution is 2.31. The molecule has 0 bridgehead atoms. The molecule has 0 heterocycles. The van der Waals surface area contributed by atoms with Crippen molar-refractivity contribution in [1.29, 1.82) is 0 Å². The third kappa shape index (κ3) is 10.4. The van der Waals surface area contributed by atoms with Gasteiger partial charge < -0.3 is 25.4 Å². The fraction of sp³-hybridized carbons (Fsp3) is 0.710. The molecule has 3 atom stereocenters. The monoisotopic (exact) mass is 545 g/mol. The fourth-order valence-electron chi connectivity index (χ4n) is 5.08. The van der Waals surface area contributed by atoms with Gasteiger partial charge in [0.1, 0.15) is 23.4 Å². The van der Waals surface area contributed by atoms with Crippen LogP contribution in [0.3, 0.4) is 0 Å². The lowest BCUT2D eigenvalue weighted by Crippen LogP contribution is -2.57. The number of nitrogens with one attached hydrogen (secondary N) is 2. The number of carbonyl (C=O) groups is 3. The third-order valence-corrected chi connectivity index (χ3v) is 7.16. The van der Waals surface area contributed by atoms with E-state index in [4.69, 9.17) is 4.74 Å². The molecule has 3 amide bonds. The van der Waals surface area contributed by atoms with Gasteiger partial charge in [-0.3, -0.25) is 9.59 Å². The summed E-state index contributed by atoms with van der Waals surface area (Å²) in [5.74, 6) is -0.426. The van der Waals surface area contributed by atoms with E-state index in [1.807, 2.05) is 20.8 Å². The van der Waals surface area contributed by atoms with E-state index >= 15 is 0 Å². The molecule has 1 aromatic rings. The number of hydrogen-bond donors (Lipinski definition) is 3. The SMILES string of the molecule is CC(C)CCC(C)N(C(=O)C(NC(=O)OC(C)(C)C)C(C)C)C(C(=O)NC1CCCCC1)c1cccc(O)c1. The lowest BCUT2D eigenvalue weighted by molar-refractivity contribution is -0.146. The maximum atomic E-state index is 14.4. The predicted octanol–water partition coefficient (Wildman–Crippen LogP) is 6.08. The Hall–Kier alpha value is -2.77. The second-order valence-corrected chi connectivity index (χ2v) is 12.8. The zero-order chi connectivity index (χ0) is 29.3. The number of ether oxygens (including phenoxy) is 1. The number of rotatable bonds is 11. The van der Waals surface area contributed by atoms with Gasteiger partial charge in [-0.1, -0.05) is 59.1 Å². The Balaban J connectivity index is 2.53. The first-order chi connectivity index (χ1) is 18.2. The van der Waals surface area contributed by atoms with Crippen LogP contribution < -0.4 is 10.6 Å². The van der Waals surface area contributed by atoms with Crippen molar-refractivity contribution in [2.45, 2.75) is 130 Å². The van der Waals surface area contributed by atoms with E-state index in [2.05, 4.69) is 24.5 Å². The van der Waals surface area contributed by atoms with Crippen molar-refractivity contribution in [2.75, 3.05) is 0 Å². The van der Waals surface area contributed by atoms with E-state index in [1.54, 1.807) is 49.9 Å². The number of alkyl carbamates (subject to hydrolysis) is 1. The van der Waals surface area contributed by atoms with Crippen LogP contribution in [-0.2, 0) is 14.3 Å². The van der Waals surface area contributed by atoms with Crippen LogP contribution in [0.2, 0.25) is 0 Å². The van der Waals surface area contributed by atoms with E-state index in [9.17, 15) is 19.5 Å². The molecule has 0 aromatic heterocycles. The van der Waals surface area contributed by atoms with Crippen molar-refractivity contribution >= 4 is 17.9 Å². The lowest BCUT2D eigenvalue weighted by Gasteiger charge is -2.40. The fourth-order valence-corrected chi connectivity index (χ4v) is 5.08. The maximum Gasteiger partial charge on any atom is 0.408 e. The van der Waals surface area contributed by atoms with Crippen LogP contribution >= 0.6 is 0 Å².